The van der Waals surface area contributed by atoms with E-state index >= 15 is 0 Å². The van der Waals surface area contributed by atoms with Gasteiger partial charge >= 0.3 is 0 Å². The largest absolute Gasteiger partial charge is 0.490 e. The number of thiocarbonyl (C=S) groups is 1. The lowest BCUT2D eigenvalue weighted by Gasteiger charge is -2.56. The van der Waals surface area contributed by atoms with Crippen molar-refractivity contribution in [3.8, 4) is 11.5 Å². The van der Waals surface area contributed by atoms with E-state index in [1.165, 1.54) is 0 Å². The third-order valence-electron chi connectivity index (χ3n) is 6.27. The molecule has 2 heterocycles. The van der Waals surface area contributed by atoms with E-state index in [0.717, 1.165) is 11.3 Å². The summed E-state index contributed by atoms with van der Waals surface area (Å²) in [5.74, 6) is 0.306. The average Bonchev–Trinajstić information content (AvgIpc) is 2.82. The van der Waals surface area contributed by atoms with Crippen LogP contribution in [0.3, 0.4) is 0 Å². The van der Waals surface area contributed by atoms with Gasteiger partial charge in [0.1, 0.15) is 5.92 Å². The molecule has 3 aromatic rings. The molecule has 0 aromatic heterocycles. The molecule has 2 aliphatic rings. The Balaban J connectivity index is 1.63. The number of fused-ring (bicyclic) bond motifs is 4. The van der Waals surface area contributed by atoms with Crippen molar-refractivity contribution < 1.29 is 14.3 Å². The van der Waals surface area contributed by atoms with Crippen molar-refractivity contribution >= 4 is 57.8 Å². The minimum Gasteiger partial charge on any atom is -0.490 e. The van der Waals surface area contributed by atoms with Crippen molar-refractivity contribution in [2.75, 3.05) is 16.8 Å². The number of para-hydroxylation sites is 1. The van der Waals surface area contributed by atoms with Gasteiger partial charge in [-0.2, -0.15) is 0 Å². The molecule has 35 heavy (non-hydrogen) atoms. The first-order valence-corrected chi connectivity index (χ1v) is 12.4. The van der Waals surface area contributed by atoms with Gasteiger partial charge in [0.05, 0.1) is 12.6 Å². The standard InChI is InChI=1S/C26H23Cl2N3O3S/c1-3-33-20-6-4-5-19-22-21(24(32)29-17-11-7-15(27)8-12-17)26(2,34-23(19)20)31(25(35)30-22)18-13-9-16(28)10-14-18/h4-14,21-22H,3H2,1-2H3,(H,29,32)(H,30,35)/t21-,22-,26-/m0/s1. The predicted molar refractivity (Wildman–Crippen MR) is 143 cm³/mol. The maximum absolute atomic E-state index is 13.8. The molecular weight excluding hydrogens is 505 g/mol. The number of hydrogen-bond donors (Lipinski definition) is 2. The van der Waals surface area contributed by atoms with Crippen LogP contribution in [0.15, 0.2) is 66.7 Å². The smallest absolute Gasteiger partial charge is 0.236 e. The molecule has 1 saturated heterocycles. The normalized spacial score (nSPS) is 22.5. The lowest BCUT2D eigenvalue weighted by molar-refractivity contribution is -0.130. The maximum Gasteiger partial charge on any atom is 0.236 e. The van der Waals surface area contributed by atoms with Crippen LogP contribution in [-0.4, -0.2) is 23.4 Å². The Hall–Kier alpha value is -3.00. The number of hydrogen-bond acceptors (Lipinski definition) is 4. The van der Waals surface area contributed by atoms with Gasteiger partial charge in [-0.15, -0.1) is 0 Å². The number of ether oxygens (including phenoxy) is 2. The molecule has 2 bridgehead atoms. The van der Waals surface area contributed by atoms with Gasteiger partial charge < -0.3 is 20.1 Å². The molecule has 5 rings (SSSR count). The number of amides is 1. The summed E-state index contributed by atoms with van der Waals surface area (Å²) in [6, 6.07) is 19.5. The van der Waals surface area contributed by atoms with Gasteiger partial charge in [0.2, 0.25) is 5.91 Å². The zero-order valence-electron chi connectivity index (χ0n) is 19.0. The monoisotopic (exact) mass is 527 g/mol. The molecule has 1 amide bonds. The molecule has 0 radical (unpaired) electrons. The van der Waals surface area contributed by atoms with Crippen molar-refractivity contribution in [1.82, 2.24) is 5.32 Å². The van der Waals surface area contributed by atoms with Crippen LogP contribution in [-0.2, 0) is 4.79 Å². The molecule has 1 fully saturated rings. The SMILES string of the molecule is CCOc1cccc2c1O[C@@]1(C)[C@H](C(=O)Nc3ccc(Cl)cc3)[C@H]2NC(=S)N1c1ccc(Cl)cc1. The highest BCUT2D eigenvalue weighted by molar-refractivity contribution is 7.80. The van der Waals surface area contributed by atoms with Gasteiger partial charge in [0, 0.05) is 27.0 Å². The summed E-state index contributed by atoms with van der Waals surface area (Å²) in [5, 5.41) is 8.05. The van der Waals surface area contributed by atoms with Gasteiger partial charge in [0.25, 0.3) is 0 Å². The Morgan fingerprint density at radius 2 is 1.77 bits per heavy atom. The summed E-state index contributed by atoms with van der Waals surface area (Å²) in [4.78, 5) is 15.7. The van der Waals surface area contributed by atoms with E-state index in [-0.39, 0.29) is 5.91 Å². The van der Waals surface area contributed by atoms with Crippen LogP contribution in [0.1, 0.15) is 25.5 Å². The van der Waals surface area contributed by atoms with E-state index < -0.39 is 17.7 Å². The average molecular weight is 528 g/mol. The lowest BCUT2D eigenvalue weighted by Crippen LogP contribution is -2.72. The van der Waals surface area contributed by atoms with E-state index in [0.29, 0.717) is 39.0 Å². The van der Waals surface area contributed by atoms with Crippen LogP contribution in [0.4, 0.5) is 11.4 Å². The number of rotatable bonds is 5. The second kappa shape index (κ2) is 9.22. The molecule has 9 heteroatoms. The molecule has 180 valence electrons. The summed E-state index contributed by atoms with van der Waals surface area (Å²) in [6.45, 7) is 4.27. The number of carbonyl (C=O) groups excluding carboxylic acids is 1. The van der Waals surface area contributed by atoms with E-state index in [1.807, 2.05) is 49.1 Å². The number of nitrogens with one attached hydrogen (secondary N) is 2. The molecule has 0 unspecified atom stereocenters. The van der Waals surface area contributed by atoms with E-state index in [2.05, 4.69) is 10.6 Å². The maximum atomic E-state index is 13.8. The van der Waals surface area contributed by atoms with Gasteiger partial charge in [0.15, 0.2) is 22.3 Å². The summed E-state index contributed by atoms with van der Waals surface area (Å²) < 4.78 is 12.6. The molecule has 3 aromatic carbocycles. The Labute approximate surface area is 219 Å². The zero-order chi connectivity index (χ0) is 24.7. The minimum absolute atomic E-state index is 0.221. The fourth-order valence-electron chi connectivity index (χ4n) is 4.77. The van der Waals surface area contributed by atoms with Crippen LogP contribution >= 0.6 is 35.4 Å². The van der Waals surface area contributed by atoms with Crippen LogP contribution in [0.2, 0.25) is 10.0 Å². The Morgan fingerprint density at radius 3 is 2.43 bits per heavy atom. The molecular formula is C26H23Cl2N3O3S. The van der Waals surface area contributed by atoms with Gasteiger partial charge in [-0.1, -0.05) is 35.3 Å². The highest BCUT2D eigenvalue weighted by Crippen LogP contribution is 2.52. The Kier molecular flexibility index (Phi) is 6.25. The number of nitrogens with zero attached hydrogens (tertiary/aromatic N) is 1. The lowest BCUT2D eigenvalue weighted by atomic mass is 9.78. The van der Waals surface area contributed by atoms with Crippen molar-refractivity contribution in [3.63, 3.8) is 0 Å². The molecule has 6 nitrogen and oxygen atoms in total. The summed E-state index contributed by atoms with van der Waals surface area (Å²) in [6.07, 6.45) is 0. The summed E-state index contributed by atoms with van der Waals surface area (Å²) in [7, 11) is 0. The van der Waals surface area contributed by atoms with Crippen molar-refractivity contribution in [3.05, 3.63) is 82.3 Å². The fraction of sp³-hybridized carbons (Fsp3) is 0.231. The van der Waals surface area contributed by atoms with Crippen molar-refractivity contribution in [2.45, 2.75) is 25.6 Å². The topological polar surface area (TPSA) is 62.8 Å². The Bertz CT molecular complexity index is 1290. The van der Waals surface area contributed by atoms with Gasteiger partial charge in [-0.3, -0.25) is 9.69 Å². The van der Waals surface area contributed by atoms with Crippen LogP contribution in [0.5, 0.6) is 11.5 Å². The van der Waals surface area contributed by atoms with Gasteiger partial charge in [-0.25, -0.2) is 0 Å². The first-order valence-electron chi connectivity index (χ1n) is 11.2. The number of carbonyl (C=O) groups is 1. The third-order valence-corrected chi connectivity index (χ3v) is 7.07. The summed E-state index contributed by atoms with van der Waals surface area (Å²) >= 11 is 18.0. The molecule has 0 saturated carbocycles. The molecule has 2 N–H and O–H groups in total. The minimum atomic E-state index is -1.17. The van der Waals surface area contributed by atoms with Crippen LogP contribution in [0.25, 0.3) is 0 Å². The van der Waals surface area contributed by atoms with E-state index in [1.54, 1.807) is 36.4 Å². The highest BCUT2D eigenvalue weighted by atomic mass is 35.5. The number of anilines is 2. The fourth-order valence-corrected chi connectivity index (χ4v) is 5.44. The van der Waals surface area contributed by atoms with E-state index in [4.69, 9.17) is 44.9 Å². The third kappa shape index (κ3) is 4.18. The first kappa shape index (κ1) is 23.7. The molecule has 0 spiro atoms. The van der Waals surface area contributed by atoms with Crippen LogP contribution < -0.4 is 25.0 Å². The highest BCUT2D eigenvalue weighted by Gasteiger charge is 2.59. The summed E-state index contributed by atoms with van der Waals surface area (Å²) in [5.41, 5.74) is 1.02. The first-order chi connectivity index (χ1) is 16.8. The zero-order valence-corrected chi connectivity index (χ0v) is 21.4. The second-order valence-corrected chi connectivity index (χ2v) is 9.74. The van der Waals surface area contributed by atoms with Crippen molar-refractivity contribution in [1.29, 1.82) is 0 Å². The second-order valence-electron chi connectivity index (χ2n) is 8.48. The van der Waals surface area contributed by atoms with Gasteiger partial charge in [-0.05, 0) is 80.7 Å². The number of halogens is 2. The van der Waals surface area contributed by atoms with E-state index in [9.17, 15) is 4.79 Å². The molecule has 0 aliphatic carbocycles. The van der Waals surface area contributed by atoms with Crippen LogP contribution in [0, 0.1) is 5.92 Å². The number of benzene rings is 3. The van der Waals surface area contributed by atoms with Crippen molar-refractivity contribution in [2.24, 2.45) is 5.92 Å². The molecule has 2 aliphatic heterocycles. The Morgan fingerprint density at radius 1 is 1.11 bits per heavy atom. The quantitative estimate of drug-likeness (QED) is 0.385. The molecule has 3 atom stereocenters. The predicted octanol–water partition coefficient (Wildman–Crippen LogP) is 6.19.